The van der Waals surface area contributed by atoms with E-state index < -0.39 is 10.0 Å². The smallest absolute Gasteiger partial charge is 0.253 e. The van der Waals surface area contributed by atoms with Crippen molar-refractivity contribution in [3.63, 3.8) is 0 Å². The molecule has 0 saturated carbocycles. The second-order valence-corrected chi connectivity index (χ2v) is 7.54. The Kier molecular flexibility index (Phi) is 5.30. The van der Waals surface area contributed by atoms with E-state index in [1.807, 2.05) is 13.8 Å². The quantitative estimate of drug-likeness (QED) is 0.831. The highest BCUT2D eigenvalue weighted by Crippen LogP contribution is 2.15. The molecule has 0 fully saturated rings. The lowest BCUT2D eigenvalue weighted by atomic mass is 10.1. The Balaban J connectivity index is 2.95. The molecule has 0 unspecified atom stereocenters. The molecular weight excluding hydrogens is 276 g/mol. The largest absolute Gasteiger partial charge is 0.341 e. The maximum absolute atomic E-state index is 12.1. The minimum absolute atomic E-state index is 0.104. The van der Waals surface area contributed by atoms with Gasteiger partial charge in [-0.25, -0.2) is 12.7 Å². The minimum atomic E-state index is -3.45. The summed E-state index contributed by atoms with van der Waals surface area (Å²) in [6.07, 6.45) is 0. The van der Waals surface area contributed by atoms with Crippen LogP contribution in [0.15, 0.2) is 29.2 Å². The van der Waals surface area contributed by atoms with E-state index in [0.29, 0.717) is 18.0 Å². The van der Waals surface area contributed by atoms with Crippen molar-refractivity contribution in [3.05, 3.63) is 29.8 Å². The van der Waals surface area contributed by atoms with Crippen LogP contribution in [0.2, 0.25) is 0 Å². The molecule has 20 heavy (non-hydrogen) atoms. The van der Waals surface area contributed by atoms with Gasteiger partial charge in [-0.1, -0.05) is 13.8 Å². The van der Waals surface area contributed by atoms with Gasteiger partial charge in [-0.2, -0.15) is 0 Å². The molecule has 0 aromatic heterocycles. The highest BCUT2D eigenvalue weighted by molar-refractivity contribution is 7.89. The first-order valence-corrected chi connectivity index (χ1v) is 7.88. The summed E-state index contributed by atoms with van der Waals surface area (Å²) in [5.41, 5.74) is 0.492. The molecule has 1 rings (SSSR count). The first-order valence-electron chi connectivity index (χ1n) is 6.44. The zero-order chi connectivity index (χ0) is 15.5. The van der Waals surface area contributed by atoms with E-state index in [1.54, 1.807) is 24.1 Å². The van der Waals surface area contributed by atoms with Gasteiger partial charge in [-0.15, -0.1) is 0 Å². The van der Waals surface area contributed by atoms with E-state index in [2.05, 4.69) is 0 Å². The average Bonchev–Trinajstić information content (AvgIpc) is 2.37. The number of sulfonamides is 1. The van der Waals surface area contributed by atoms with Crippen molar-refractivity contribution in [2.45, 2.75) is 18.7 Å². The standard InChI is InChI=1S/C14H22N2O3S/c1-11(2)10-16(5)14(17)12-6-8-13(9-7-12)20(18,19)15(3)4/h6-9,11H,10H2,1-5H3. The van der Waals surface area contributed by atoms with Crippen LogP contribution in [0.5, 0.6) is 0 Å². The maximum atomic E-state index is 12.1. The second-order valence-electron chi connectivity index (χ2n) is 5.39. The lowest BCUT2D eigenvalue weighted by molar-refractivity contribution is 0.0779. The topological polar surface area (TPSA) is 57.7 Å². The zero-order valence-electron chi connectivity index (χ0n) is 12.6. The van der Waals surface area contributed by atoms with E-state index in [-0.39, 0.29) is 10.8 Å². The van der Waals surface area contributed by atoms with Crippen LogP contribution < -0.4 is 0 Å². The van der Waals surface area contributed by atoms with Crippen LogP contribution in [0.4, 0.5) is 0 Å². The highest BCUT2D eigenvalue weighted by atomic mass is 32.2. The lowest BCUT2D eigenvalue weighted by Crippen LogP contribution is -2.30. The Morgan fingerprint density at radius 1 is 1.10 bits per heavy atom. The minimum Gasteiger partial charge on any atom is -0.341 e. The molecule has 0 aliphatic heterocycles. The van der Waals surface area contributed by atoms with Gasteiger partial charge < -0.3 is 4.90 Å². The molecule has 6 heteroatoms. The third kappa shape index (κ3) is 3.80. The van der Waals surface area contributed by atoms with Gasteiger partial charge in [0.1, 0.15) is 0 Å². The van der Waals surface area contributed by atoms with Crippen molar-refractivity contribution in [1.82, 2.24) is 9.21 Å². The van der Waals surface area contributed by atoms with Crippen molar-refractivity contribution in [1.29, 1.82) is 0 Å². The van der Waals surface area contributed by atoms with Gasteiger partial charge in [0.15, 0.2) is 0 Å². The predicted octanol–water partition coefficient (Wildman–Crippen LogP) is 1.66. The van der Waals surface area contributed by atoms with Gasteiger partial charge in [0.2, 0.25) is 10.0 Å². The number of carbonyl (C=O) groups is 1. The van der Waals surface area contributed by atoms with Gasteiger partial charge in [0.05, 0.1) is 4.90 Å². The summed E-state index contributed by atoms with van der Waals surface area (Å²) < 4.78 is 25.0. The summed E-state index contributed by atoms with van der Waals surface area (Å²) in [7, 11) is 1.25. The summed E-state index contributed by atoms with van der Waals surface area (Å²) in [6, 6.07) is 6.03. The van der Waals surface area contributed by atoms with Crippen molar-refractivity contribution in [2.24, 2.45) is 5.92 Å². The van der Waals surface area contributed by atoms with Crippen molar-refractivity contribution in [2.75, 3.05) is 27.7 Å². The van der Waals surface area contributed by atoms with Gasteiger partial charge in [-0.05, 0) is 30.2 Å². The lowest BCUT2D eigenvalue weighted by Gasteiger charge is -2.19. The molecular formula is C14H22N2O3S. The third-order valence-corrected chi connectivity index (χ3v) is 4.69. The summed E-state index contributed by atoms with van der Waals surface area (Å²) in [4.78, 5) is 14.0. The summed E-state index contributed by atoms with van der Waals surface area (Å²) >= 11 is 0. The van der Waals surface area contributed by atoms with Crippen LogP contribution in [-0.2, 0) is 10.0 Å². The zero-order valence-corrected chi connectivity index (χ0v) is 13.4. The number of amides is 1. The molecule has 0 N–H and O–H groups in total. The first-order chi connectivity index (χ1) is 9.16. The van der Waals surface area contributed by atoms with E-state index in [4.69, 9.17) is 0 Å². The Bertz CT molecular complexity index is 563. The number of rotatable bonds is 5. The molecule has 0 saturated heterocycles. The predicted molar refractivity (Wildman–Crippen MR) is 79.1 cm³/mol. The Morgan fingerprint density at radius 2 is 1.60 bits per heavy atom. The number of hydrogen-bond acceptors (Lipinski definition) is 3. The van der Waals surface area contributed by atoms with Crippen LogP contribution >= 0.6 is 0 Å². The van der Waals surface area contributed by atoms with Crippen molar-refractivity contribution < 1.29 is 13.2 Å². The Hall–Kier alpha value is -1.40. The molecule has 1 aromatic carbocycles. The molecule has 1 aromatic rings. The second kappa shape index (κ2) is 6.37. The van der Waals surface area contributed by atoms with Crippen LogP contribution in [0.1, 0.15) is 24.2 Å². The van der Waals surface area contributed by atoms with Crippen LogP contribution in [0, 0.1) is 5.92 Å². The number of hydrogen-bond donors (Lipinski definition) is 0. The fraction of sp³-hybridized carbons (Fsp3) is 0.500. The fourth-order valence-corrected chi connectivity index (χ4v) is 2.73. The molecule has 0 spiro atoms. The number of benzene rings is 1. The van der Waals surface area contributed by atoms with Gasteiger partial charge in [-0.3, -0.25) is 4.79 Å². The molecule has 0 aliphatic carbocycles. The third-order valence-electron chi connectivity index (χ3n) is 2.87. The summed E-state index contributed by atoms with van der Waals surface area (Å²) in [5.74, 6) is 0.282. The highest BCUT2D eigenvalue weighted by Gasteiger charge is 2.18. The van der Waals surface area contributed by atoms with E-state index >= 15 is 0 Å². The molecule has 0 radical (unpaired) electrons. The van der Waals surface area contributed by atoms with Crippen LogP contribution in [0.3, 0.4) is 0 Å². The summed E-state index contributed by atoms with van der Waals surface area (Å²) in [5, 5.41) is 0. The molecule has 112 valence electrons. The van der Waals surface area contributed by atoms with Gasteiger partial charge >= 0.3 is 0 Å². The maximum Gasteiger partial charge on any atom is 0.253 e. The fourth-order valence-electron chi connectivity index (χ4n) is 1.83. The monoisotopic (exact) mass is 298 g/mol. The SMILES string of the molecule is CC(C)CN(C)C(=O)c1ccc(S(=O)(=O)N(C)C)cc1. The number of nitrogens with zero attached hydrogens (tertiary/aromatic N) is 2. The van der Waals surface area contributed by atoms with Gasteiger partial charge in [0, 0.05) is 33.3 Å². The molecule has 0 aliphatic rings. The molecule has 0 atom stereocenters. The normalized spacial score (nSPS) is 11.9. The van der Waals surface area contributed by atoms with Crippen molar-refractivity contribution >= 4 is 15.9 Å². The van der Waals surface area contributed by atoms with Crippen molar-refractivity contribution in [3.8, 4) is 0 Å². The van der Waals surface area contributed by atoms with Crippen LogP contribution in [-0.4, -0.2) is 51.2 Å². The number of carbonyl (C=O) groups excluding carboxylic acids is 1. The van der Waals surface area contributed by atoms with E-state index in [9.17, 15) is 13.2 Å². The van der Waals surface area contributed by atoms with Gasteiger partial charge in [0.25, 0.3) is 5.91 Å². The average molecular weight is 298 g/mol. The van der Waals surface area contributed by atoms with E-state index in [0.717, 1.165) is 4.31 Å². The van der Waals surface area contributed by atoms with E-state index in [1.165, 1.54) is 26.2 Å². The molecule has 1 amide bonds. The Morgan fingerprint density at radius 3 is 2.00 bits per heavy atom. The molecule has 5 nitrogen and oxygen atoms in total. The van der Waals surface area contributed by atoms with Crippen LogP contribution in [0.25, 0.3) is 0 Å². The summed E-state index contributed by atoms with van der Waals surface area (Å²) in [6.45, 7) is 4.74. The first kappa shape index (κ1) is 16.7. The molecule has 0 heterocycles. The Labute approximate surface area is 121 Å². The molecule has 0 bridgehead atoms.